The van der Waals surface area contributed by atoms with Crippen LogP contribution in [-0.2, 0) is 31.3 Å². The lowest BCUT2D eigenvalue weighted by Gasteiger charge is -2.24. The van der Waals surface area contributed by atoms with Crippen molar-refractivity contribution >= 4 is 43.3 Å². The molecule has 0 saturated heterocycles. The van der Waals surface area contributed by atoms with Crippen molar-refractivity contribution in [1.29, 1.82) is 0 Å². The van der Waals surface area contributed by atoms with Gasteiger partial charge in [0.05, 0.1) is 4.90 Å². The van der Waals surface area contributed by atoms with E-state index in [1.54, 1.807) is 11.4 Å². The summed E-state index contributed by atoms with van der Waals surface area (Å²) in [7, 11) is -11.3. The molecule has 2 N–H and O–H groups in total. The first kappa shape index (κ1) is 50.5. The number of ether oxygens (including phenoxy) is 1. The summed E-state index contributed by atoms with van der Waals surface area (Å²) in [6.07, 6.45) is 2.65. The zero-order chi connectivity index (χ0) is 50.4. The van der Waals surface area contributed by atoms with Gasteiger partial charge in [-0.25, -0.2) is 34.4 Å². The molecule has 7 rings (SSSR count). The minimum atomic E-state index is -5.95. The zero-order valence-electron chi connectivity index (χ0n) is 39.8. The van der Waals surface area contributed by atoms with Gasteiger partial charge in [0.25, 0.3) is 26.0 Å². The van der Waals surface area contributed by atoms with Gasteiger partial charge in [0.1, 0.15) is 17.2 Å². The molecule has 360 valence electrons. The van der Waals surface area contributed by atoms with Crippen LogP contribution in [0.1, 0.15) is 136 Å². The van der Waals surface area contributed by atoms with Gasteiger partial charge in [0.15, 0.2) is 28.2 Å². The van der Waals surface area contributed by atoms with Crippen LogP contribution in [0.3, 0.4) is 0 Å². The molecule has 14 heteroatoms. The van der Waals surface area contributed by atoms with Crippen molar-refractivity contribution in [3.63, 3.8) is 0 Å². The Morgan fingerprint density at radius 2 is 1.19 bits per heavy atom. The smallest absolute Gasteiger partial charge is 0.259 e. The molecule has 6 aromatic carbocycles. The molecule has 1 aliphatic rings. The molecule has 1 amide bonds. The molecule has 0 aliphatic carbocycles. The zero-order valence-corrected chi connectivity index (χ0v) is 41.4. The van der Waals surface area contributed by atoms with Gasteiger partial charge in [0, 0.05) is 27.5 Å². The largest absolute Gasteiger partial charge is 0.456 e. The lowest BCUT2D eigenvalue weighted by molar-refractivity contribution is -0.112. The number of anilines is 1. The van der Waals surface area contributed by atoms with Crippen LogP contribution in [-0.4, -0.2) is 22.7 Å². The van der Waals surface area contributed by atoms with Crippen molar-refractivity contribution in [1.82, 2.24) is 4.13 Å². The summed E-state index contributed by atoms with van der Waals surface area (Å²) in [6.45, 7) is 21.5. The Bertz CT molecular complexity index is 3360. The average molecular weight is 979 g/mol. The number of halogens is 4. The number of hydrogen-bond donors (Lipinski definition) is 2. The van der Waals surface area contributed by atoms with Crippen LogP contribution in [0.5, 0.6) is 11.5 Å². The minimum absolute atomic E-state index is 0.0221. The van der Waals surface area contributed by atoms with E-state index < -0.39 is 64.7 Å². The van der Waals surface area contributed by atoms with Crippen molar-refractivity contribution < 1.29 is 43.9 Å². The van der Waals surface area contributed by atoms with E-state index in [-0.39, 0.29) is 34.8 Å². The molecule has 0 spiro atoms. The Morgan fingerprint density at radius 3 is 1.74 bits per heavy atom. The number of amides is 1. The molecule has 0 unspecified atom stereocenters. The molecule has 6 aromatic rings. The highest BCUT2D eigenvalue weighted by molar-refractivity contribution is 8.04. The molecule has 1 aliphatic heterocycles. The van der Waals surface area contributed by atoms with Crippen molar-refractivity contribution in [3.8, 4) is 11.5 Å². The Balaban J connectivity index is 1.43. The molecule has 69 heavy (non-hydrogen) atoms. The Morgan fingerprint density at radius 1 is 0.638 bits per heavy atom. The quantitative estimate of drug-likeness (QED) is 0.0636. The maximum atomic E-state index is 15.5. The van der Waals surface area contributed by atoms with Gasteiger partial charge in [-0.15, -0.1) is 4.13 Å². The van der Waals surface area contributed by atoms with Crippen LogP contribution in [0.2, 0.25) is 0 Å². The van der Waals surface area contributed by atoms with Gasteiger partial charge in [-0.1, -0.05) is 135 Å². The maximum absolute atomic E-state index is 15.5. The first-order valence-electron chi connectivity index (χ1n) is 22.6. The first-order valence-corrected chi connectivity index (χ1v) is 25.5. The fraction of sp³-hybridized carbons (Fsp3) is 0.255. The minimum Gasteiger partial charge on any atom is -0.456 e. The highest BCUT2D eigenvalue weighted by atomic mass is 32.3. The molecule has 0 atom stereocenters. The van der Waals surface area contributed by atoms with Gasteiger partial charge in [-0.3, -0.25) is 4.79 Å². The number of fused-ring (bicyclic) bond motifs is 2. The van der Waals surface area contributed by atoms with Crippen LogP contribution < -0.4 is 24.6 Å². The predicted octanol–water partition coefficient (Wildman–Crippen LogP) is 11.7. The molecule has 0 aromatic heterocycles. The van der Waals surface area contributed by atoms with Crippen molar-refractivity contribution in [3.05, 3.63) is 193 Å². The van der Waals surface area contributed by atoms with E-state index in [1.165, 1.54) is 39.0 Å². The third-order valence-corrected chi connectivity index (χ3v) is 15.8. The maximum Gasteiger partial charge on any atom is 0.259 e. The Hall–Kier alpha value is -6.35. The number of carbonyl (C=O) groups excluding carboxylic acids is 1. The monoisotopic (exact) mass is 978 g/mol. The van der Waals surface area contributed by atoms with Crippen LogP contribution >= 0.6 is 0 Å². The molecular formula is C55H54F4N2O6S2. The highest BCUT2D eigenvalue weighted by Gasteiger charge is 2.38. The standard InChI is InChI=1S/C55H54F4N2O6S2/c1-29(2)36-16-13-17-37(30(3)4)43(36)25-34-21-23-40-45(27-34)67-46-28-35(26-44-38(31(5)6)18-14-19-39(44)32(7)8)22-24-41(46)48(40)42-15-11-12-20-47(42)68(63,64)61-69(65,66)54-51(58)49(56)53(50(57)52(54)59)60-55(62)33(9)10/h11-25,27-32,61H,9,26H2,1-8,10H3,(H,60,62)/b34-25+. The van der Waals surface area contributed by atoms with Gasteiger partial charge < -0.3 is 10.1 Å². The van der Waals surface area contributed by atoms with E-state index in [1.807, 2.05) is 30.3 Å². The van der Waals surface area contributed by atoms with Gasteiger partial charge in [-0.2, -0.15) is 0 Å². The second-order valence-corrected chi connectivity index (χ2v) is 22.1. The number of hydrogen-bond acceptors (Lipinski definition) is 6. The first-order chi connectivity index (χ1) is 32.4. The van der Waals surface area contributed by atoms with Crippen LogP contribution in [0.25, 0.3) is 11.6 Å². The summed E-state index contributed by atoms with van der Waals surface area (Å²) in [5, 5.41) is 2.85. The van der Waals surface area contributed by atoms with Crippen molar-refractivity contribution in [2.75, 3.05) is 5.32 Å². The molecule has 0 saturated carbocycles. The molecule has 0 bridgehead atoms. The van der Waals surface area contributed by atoms with Gasteiger partial charge >= 0.3 is 0 Å². The third-order valence-electron chi connectivity index (χ3n) is 12.2. The SMILES string of the molecule is C=C(C)C(=O)Nc1c(F)c(F)c(S(=O)(=O)NS(=O)(=O)c2ccccc2C2=c3cc/c(=C\c4c(C(C)C)cccc4C(C)C)cc3Oc3cc(Cc4c(C(C)C)cccc4C(C)C)ccc32)c(F)c1F. The number of sulfonamides is 2. The topological polar surface area (TPSA) is 119 Å². The third kappa shape index (κ3) is 9.93. The lowest BCUT2D eigenvalue weighted by atomic mass is 9.85. The van der Waals surface area contributed by atoms with Crippen LogP contribution in [0, 0.1) is 23.3 Å². The van der Waals surface area contributed by atoms with Gasteiger partial charge in [-0.05, 0) is 112 Å². The van der Waals surface area contributed by atoms with Crippen LogP contribution in [0.4, 0.5) is 23.2 Å². The molecule has 1 heterocycles. The van der Waals surface area contributed by atoms with Crippen molar-refractivity contribution in [2.24, 2.45) is 0 Å². The summed E-state index contributed by atoms with van der Waals surface area (Å²) in [5.41, 5.74) is 6.72. The molecule has 0 radical (unpaired) electrons. The molecular weight excluding hydrogens is 925 g/mol. The normalized spacial score (nSPS) is 13.0. The predicted molar refractivity (Wildman–Crippen MR) is 263 cm³/mol. The van der Waals surface area contributed by atoms with E-state index in [4.69, 9.17) is 4.74 Å². The van der Waals surface area contributed by atoms with Crippen LogP contribution in [0.15, 0.2) is 119 Å². The number of nitrogens with one attached hydrogen (secondary N) is 2. The number of rotatable bonds is 14. The molecule has 0 fully saturated rings. The summed E-state index contributed by atoms with van der Waals surface area (Å²) >= 11 is 0. The fourth-order valence-electron chi connectivity index (χ4n) is 8.81. The van der Waals surface area contributed by atoms with E-state index >= 15 is 17.6 Å². The Labute approximate surface area is 401 Å². The van der Waals surface area contributed by atoms with E-state index in [9.17, 15) is 21.6 Å². The van der Waals surface area contributed by atoms with Gasteiger partial charge in [0.2, 0.25) is 0 Å². The average Bonchev–Trinajstić information content (AvgIpc) is 3.28. The number of benzene rings is 6. The van der Waals surface area contributed by atoms with E-state index in [2.05, 4.69) is 104 Å². The summed E-state index contributed by atoms with van der Waals surface area (Å²) in [5.74, 6) is -9.09. The lowest BCUT2D eigenvalue weighted by Crippen LogP contribution is -2.33. The van der Waals surface area contributed by atoms with E-state index in [0.717, 1.165) is 40.5 Å². The van der Waals surface area contributed by atoms with Crippen molar-refractivity contribution in [2.45, 2.75) is 102 Å². The second-order valence-electron chi connectivity index (χ2n) is 18.5. The fourth-order valence-corrected chi connectivity index (χ4v) is 12.0. The second kappa shape index (κ2) is 19.6. The summed E-state index contributed by atoms with van der Waals surface area (Å²) in [4.78, 5) is 9.19. The Kier molecular flexibility index (Phi) is 14.3. The summed E-state index contributed by atoms with van der Waals surface area (Å²) in [6, 6.07) is 29.1. The summed E-state index contributed by atoms with van der Waals surface area (Å²) < 4.78 is 126. The number of carbonyl (C=O) groups is 1. The molecule has 8 nitrogen and oxygen atoms in total. The highest BCUT2D eigenvalue weighted by Crippen LogP contribution is 2.41. The van der Waals surface area contributed by atoms with E-state index in [0.29, 0.717) is 34.3 Å².